The topological polar surface area (TPSA) is 55.6 Å². The first-order valence-corrected chi connectivity index (χ1v) is 6.12. The summed E-state index contributed by atoms with van der Waals surface area (Å²) in [5, 5.41) is 0. The lowest BCUT2D eigenvalue weighted by molar-refractivity contribution is -0.132. The van der Waals surface area contributed by atoms with Crippen molar-refractivity contribution in [2.45, 2.75) is 38.1 Å². The van der Waals surface area contributed by atoms with E-state index in [9.17, 15) is 4.79 Å². The molecule has 1 saturated carbocycles. The molecule has 0 spiro atoms. The number of hydrogen-bond donors (Lipinski definition) is 1. The maximum atomic E-state index is 11.9. The van der Waals surface area contributed by atoms with Crippen LogP contribution in [0.3, 0.4) is 0 Å². The van der Waals surface area contributed by atoms with E-state index in [1.54, 1.807) is 7.11 Å². The molecule has 0 aromatic carbocycles. The van der Waals surface area contributed by atoms with Gasteiger partial charge in [0.25, 0.3) is 0 Å². The van der Waals surface area contributed by atoms with Crippen molar-refractivity contribution in [2.75, 3.05) is 20.3 Å². The molecule has 4 nitrogen and oxygen atoms in total. The second kappa shape index (κ2) is 6.81. The fraction of sp³-hybridized carbons (Fsp3) is 0.818. The first-order valence-electron chi connectivity index (χ1n) is 5.72. The number of nitrogens with zero attached hydrogens (tertiary/aromatic N) is 1. The summed E-state index contributed by atoms with van der Waals surface area (Å²) in [5.41, 5.74) is 5.46. The van der Waals surface area contributed by atoms with E-state index in [1.165, 1.54) is 0 Å². The minimum Gasteiger partial charge on any atom is -0.393 e. The summed E-state index contributed by atoms with van der Waals surface area (Å²) in [5.74, 6) is 0.204. The SMILES string of the molecule is COCCCC(=O)N(CCC(N)=S)C1CC1. The molecule has 0 heterocycles. The Morgan fingerprint density at radius 2 is 2.19 bits per heavy atom. The molecule has 1 amide bonds. The van der Waals surface area contributed by atoms with Crippen LogP contribution in [0.2, 0.25) is 0 Å². The van der Waals surface area contributed by atoms with Gasteiger partial charge in [-0.2, -0.15) is 0 Å². The molecule has 92 valence electrons. The molecule has 16 heavy (non-hydrogen) atoms. The average molecular weight is 244 g/mol. The summed E-state index contributed by atoms with van der Waals surface area (Å²) >= 11 is 4.83. The number of thiocarbonyl (C=S) groups is 1. The van der Waals surface area contributed by atoms with Crippen LogP contribution in [0.25, 0.3) is 0 Å². The highest BCUT2D eigenvalue weighted by Crippen LogP contribution is 2.27. The van der Waals surface area contributed by atoms with Gasteiger partial charge >= 0.3 is 0 Å². The Balaban J connectivity index is 2.30. The van der Waals surface area contributed by atoms with Crippen molar-refractivity contribution in [1.82, 2.24) is 4.90 Å². The van der Waals surface area contributed by atoms with E-state index in [0.717, 1.165) is 19.3 Å². The van der Waals surface area contributed by atoms with Crippen LogP contribution >= 0.6 is 12.2 Å². The molecule has 0 bridgehead atoms. The lowest BCUT2D eigenvalue weighted by Crippen LogP contribution is -2.35. The number of carbonyl (C=O) groups is 1. The first-order chi connectivity index (χ1) is 7.65. The third-order valence-corrected chi connectivity index (χ3v) is 2.85. The van der Waals surface area contributed by atoms with Crippen LogP contribution in [0.1, 0.15) is 32.1 Å². The Hall–Kier alpha value is -0.680. The molecule has 0 atom stereocenters. The fourth-order valence-electron chi connectivity index (χ4n) is 1.64. The lowest BCUT2D eigenvalue weighted by atomic mass is 10.2. The van der Waals surface area contributed by atoms with E-state index < -0.39 is 0 Å². The molecule has 0 saturated heterocycles. The van der Waals surface area contributed by atoms with Crippen LogP contribution in [-0.4, -0.2) is 42.1 Å². The molecule has 2 N–H and O–H groups in total. The summed E-state index contributed by atoms with van der Waals surface area (Å²) in [6.45, 7) is 1.31. The Bertz CT molecular complexity index is 254. The van der Waals surface area contributed by atoms with Crippen LogP contribution in [0.5, 0.6) is 0 Å². The number of nitrogens with two attached hydrogens (primary N) is 1. The highest BCUT2D eigenvalue weighted by atomic mass is 32.1. The molecule has 5 heteroatoms. The van der Waals surface area contributed by atoms with Crippen LogP contribution in [0, 0.1) is 0 Å². The normalized spacial score (nSPS) is 14.8. The van der Waals surface area contributed by atoms with Gasteiger partial charge in [-0.15, -0.1) is 0 Å². The van der Waals surface area contributed by atoms with Crippen molar-refractivity contribution in [3.8, 4) is 0 Å². The number of ether oxygens (including phenoxy) is 1. The van der Waals surface area contributed by atoms with E-state index in [0.29, 0.717) is 37.0 Å². The summed E-state index contributed by atoms with van der Waals surface area (Å²) < 4.78 is 4.93. The van der Waals surface area contributed by atoms with Crippen LogP contribution in [0.4, 0.5) is 0 Å². The van der Waals surface area contributed by atoms with Gasteiger partial charge in [-0.05, 0) is 19.3 Å². The standard InChI is InChI=1S/C11H20N2O2S/c1-15-8-2-3-11(14)13(9-4-5-9)7-6-10(12)16/h9H,2-8H2,1H3,(H2,12,16). The van der Waals surface area contributed by atoms with Gasteiger partial charge in [-0.3, -0.25) is 4.79 Å². The Labute approximate surface area is 102 Å². The third kappa shape index (κ3) is 4.90. The highest BCUT2D eigenvalue weighted by Gasteiger charge is 2.31. The smallest absolute Gasteiger partial charge is 0.222 e. The van der Waals surface area contributed by atoms with Crippen molar-refractivity contribution in [1.29, 1.82) is 0 Å². The number of amides is 1. The van der Waals surface area contributed by atoms with Crippen molar-refractivity contribution in [2.24, 2.45) is 5.73 Å². The van der Waals surface area contributed by atoms with Crippen molar-refractivity contribution < 1.29 is 9.53 Å². The van der Waals surface area contributed by atoms with Gasteiger partial charge in [0.05, 0.1) is 4.99 Å². The zero-order valence-electron chi connectivity index (χ0n) is 9.78. The zero-order valence-corrected chi connectivity index (χ0v) is 10.6. The van der Waals surface area contributed by atoms with Gasteiger partial charge in [0, 0.05) is 39.1 Å². The molecule has 0 unspecified atom stereocenters. The number of methoxy groups -OCH3 is 1. The molecule has 1 fully saturated rings. The fourth-order valence-corrected chi connectivity index (χ4v) is 1.73. The van der Waals surface area contributed by atoms with Crippen LogP contribution in [0.15, 0.2) is 0 Å². The molecule has 1 rings (SSSR count). The minimum atomic E-state index is 0.204. The maximum Gasteiger partial charge on any atom is 0.222 e. The Kier molecular flexibility index (Phi) is 5.69. The molecule has 0 radical (unpaired) electrons. The van der Waals surface area contributed by atoms with Crippen molar-refractivity contribution >= 4 is 23.1 Å². The maximum absolute atomic E-state index is 11.9. The second-order valence-corrected chi connectivity index (χ2v) is 4.66. The molecule has 0 aromatic heterocycles. The molecule has 1 aliphatic carbocycles. The lowest BCUT2D eigenvalue weighted by Gasteiger charge is -2.22. The second-order valence-electron chi connectivity index (χ2n) is 4.13. The summed E-state index contributed by atoms with van der Waals surface area (Å²) in [4.78, 5) is 14.3. The van der Waals surface area contributed by atoms with E-state index >= 15 is 0 Å². The van der Waals surface area contributed by atoms with Crippen molar-refractivity contribution in [3.63, 3.8) is 0 Å². The quantitative estimate of drug-likeness (QED) is 0.513. The average Bonchev–Trinajstić information content (AvgIpc) is 3.02. The van der Waals surface area contributed by atoms with Crippen LogP contribution in [-0.2, 0) is 9.53 Å². The number of rotatable bonds is 8. The molecule has 0 aliphatic heterocycles. The van der Waals surface area contributed by atoms with E-state index in [2.05, 4.69) is 0 Å². The van der Waals surface area contributed by atoms with Gasteiger partial charge in [0.1, 0.15) is 0 Å². The highest BCUT2D eigenvalue weighted by molar-refractivity contribution is 7.80. The summed E-state index contributed by atoms with van der Waals surface area (Å²) in [6, 6.07) is 0.435. The van der Waals surface area contributed by atoms with E-state index in [1.807, 2.05) is 4.90 Å². The van der Waals surface area contributed by atoms with Crippen LogP contribution < -0.4 is 5.73 Å². The van der Waals surface area contributed by atoms with Gasteiger partial charge in [-0.25, -0.2) is 0 Å². The Morgan fingerprint density at radius 1 is 1.50 bits per heavy atom. The molecule has 1 aliphatic rings. The predicted molar refractivity (Wildman–Crippen MR) is 67.2 cm³/mol. The largest absolute Gasteiger partial charge is 0.393 e. The monoisotopic (exact) mass is 244 g/mol. The number of carbonyl (C=O) groups excluding carboxylic acids is 1. The van der Waals surface area contributed by atoms with E-state index in [-0.39, 0.29) is 5.91 Å². The molecular weight excluding hydrogens is 224 g/mol. The third-order valence-electron chi connectivity index (χ3n) is 2.65. The zero-order chi connectivity index (χ0) is 12.0. The minimum absolute atomic E-state index is 0.204. The number of hydrogen-bond acceptors (Lipinski definition) is 3. The summed E-state index contributed by atoms with van der Waals surface area (Å²) in [7, 11) is 1.65. The van der Waals surface area contributed by atoms with Gasteiger partial charge in [0.15, 0.2) is 0 Å². The van der Waals surface area contributed by atoms with Gasteiger partial charge < -0.3 is 15.4 Å². The summed E-state index contributed by atoms with van der Waals surface area (Å²) in [6.07, 6.45) is 4.20. The Morgan fingerprint density at radius 3 is 2.69 bits per heavy atom. The predicted octanol–water partition coefficient (Wildman–Crippen LogP) is 1.08. The molecular formula is C11H20N2O2S. The van der Waals surface area contributed by atoms with Gasteiger partial charge in [0.2, 0.25) is 5.91 Å². The van der Waals surface area contributed by atoms with E-state index in [4.69, 9.17) is 22.7 Å². The molecule has 0 aromatic rings. The van der Waals surface area contributed by atoms with Crippen molar-refractivity contribution in [3.05, 3.63) is 0 Å². The first kappa shape index (κ1) is 13.4. The van der Waals surface area contributed by atoms with Gasteiger partial charge in [-0.1, -0.05) is 12.2 Å².